The van der Waals surface area contributed by atoms with E-state index in [1.165, 1.54) is 12.1 Å². The van der Waals surface area contributed by atoms with Crippen molar-refractivity contribution in [2.75, 3.05) is 5.32 Å². The van der Waals surface area contributed by atoms with Crippen LogP contribution in [0.15, 0.2) is 36.4 Å². The Bertz CT molecular complexity index is 658. The van der Waals surface area contributed by atoms with Gasteiger partial charge in [0.15, 0.2) is 0 Å². The van der Waals surface area contributed by atoms with Gasteiger partial charge >= 0.3 is 5.97 Å². The van der Waals surface area contributed by atoms with Crippen molar-refractivity contribution in [2.24, 2.45) is 0 Å². The van der Waals surface area contributed by atoms with Crippen LogP contribution < -0.4 is 5.32 Å². The van der Waals surface area contributed by atoms with Crippen LogP contribution in [0.2, 0.25) is 5.02 Å². The number of anilines is 1. The van der Waals surface area contributed by atoms with E-state index in [4.69, 9.17) is 16.7 Å². The Balaban J connectivity index is 2.20. The molecule has 0 saturated carbocycles. The summed E-state index contributed by atoms with van der Waals surface area (Å²) in [5.74, 6) is -1.54. The maximum atomic E-state index is 13.6. The lowest BCUT2D eigenvalue weighted by Crippen LogP contribution is -2.05. The molecule has 0 aliphatic heterocycles. The molecule has 0 saturated heterocycles. The van der Waals surface area contributed by atoms with Crippen LogP contribution in [0.1, 0.15) is 21.5 Å². The average molecular weight is 294 g/mol. The van der Waals surface area contributed by atoms with Crippen molar-refractivity contribution in [3.63, 3.8) is 0 Å². The largest absolute Gasteiger partial charge is 0.478 e. The van der Waals surface area contributed by atoms with Crippen molar-refractivity contribution in [2.45, 2.75) is 13.5 Å². The van der Waals surface area contributed by atoms with Crippen molar-refractivity contribution in [3.05, 3.63) is 63.9 Å². The Morgan fingerprint density at radius 2 is 2.05 bits per heavy atom. The van der Waals surface area contributed by atoms with Crippen molar-refractivity contribution in [1.29, 1.82) is 0 Å². The fraction of sp³-hybridized carbons (Fsp3) is 0.133. The maximum Gasteiger partial charge on any atom is 0.335 e. The number of carboxylic acid groups (broad SMARTS) is 1. The van der Waals surface area contributed by atoms with E-state index in [0.29, 0.717) is 10.7 Å². The smallest absolute Gasteiger partial charge is 0.335 e. The summed E-state index contributed by atoms with van der Waals surface area (Å²) in [7, 11) is 0. The normalized spacial score (nSPS) is 10.3. The Labute approximate surface area is 121 Å². The number of hydrogen-bond acceptors (Lipinski definition) is 2. The average Bonchev–Trinajstić information content (AvgIpc) is 2.41. The van der Waals surface area contributed by atoms with Gasteiger partial charge in [-0.2, -0.15) is 0 Å². The van der Waals surface area contributed by atoms with Gasteiger partial charge in [-0.05, 0) is 42.8 Å². The highest BCUT2D eigenvalue weighted by atomic mass is 35.5. The summed E-state index contributed by atoms with van der Waals surface area (Å²) in [6.45, 7) is 2.09. The number of rotatable bonds is 4. The molecule has 0 unspecified atom stereocenters. The highest BCUT2D eigenvalue weighted by Gasteiger charge is 2.09. The molecular formula is C15H13ClFNO2. The molecule has 0 aliphatic rings. The highest BCUT2D eigenvalue weighted by molar-refractivity contribution is 6.33. The first-order valence-corrected chi connectivity index (χ1v) is 6.37. The van der Waals surface area contributed by atoms with E-state index in [2.05, 4.69) is 5.32 Å². The van der Waals surface area contributed by atoms with Crippen LogP contribution in [0.3, 0.4) is 0 Å². The second-order valence-electron chi connectivity index (χ2n) is 4.45. The van der Waals surface area contributed by atoms with Crippen LogP contribution in [0.25, 0.3) is 0 Å². The lowest BCUT2D eigenvalue weighted by atomic mass is 10.1. The summed E-state index contributed by atoms with van der Waals surface area (Å²) in [4.78, 5) is 10.9. The molecule has 20 heavy (non-hydrogen) atoms. The summed E-state index contributed by atoms with van der Waals surface area (Å²) < 4.78 is 13.6. The molecule has 0 bridgehead atoms. The number of carbonyl (C=O) groups is 1. The number of aryl methyl sites for hydroxylation is 1. The molecule has 0 aliphatic carbocycles. The van der Waals surface area contributed by atoms with Gasteiger partial charge in [-0.1, -0.05) is 17.7 Å². The quantitative estimate of drug-likeness (QED) is 0.892. The summed E-state index contributed by atoms with van der Waals surface area (Å²) in [6.07, 6.45) is 0. The van der Waals surface area contributed by atoms with Crippen LogP contribution in [0.5, 0.6) is 0 Å². The molecule has 2 rings (SSSR count). The first kappa shape index (κ1) is 14.3. The first-order valence-electron chi connectivity index (χ1n) is 5.99. The molecule has 0 heterocycles. The third kappa shape index (κ3) is 3.27. The van der Waals surface area contributed by atoms with Crippen LogP contribution in [0, 0.1) is 12.7 Å². The fourth-order valence-corrected chi connectivity index (χ4v) is 1.99. The summed E-state index contributed by atoms with van der Waals surface area (Å²) in [5, 5.41) is 12.4. The molecule has 0 amide bonds. The number of nitrogens with one attached hydrogen (secondary N) is 1. The van der Waals surface area contributed by atoms with Crippen molar-refractivity contribution < 1.29 is 14.3 Å². The third-order valence-corrected chi connectivity index (χ3v) is 3.21. The van der Waals surface area contributed by atoms with E-state index in [-0.39, 0.29) is 17.7 Å². The highest BCUT2D eigenvalue weighted by Crippen LogP contribution is 2.23. The predicted molar refractivity (Wildman–Crippen MR) is 76.9 cm³/mol. The number of benzene rings is 2. The number of halogens is 2. The topological polar surface area (TPSA) is 49.3 Å². The molecule has 0 spiro atoms. The lowest BCUT2D eigenvalue weighted by molar-refractivity contribution is 0.0696. The maximum absolute atomic E-state index is 13.6. The predicted octanol–water partition coefficient (Wildman–Crippen LogP) is 4.10. The van der Waals surface area contributed by atoms with Gasteiger partial charge in [0.25, 0.3) is 0 Å². The van der Waals surface area contributed by atoms with E-state index in [0.717, 1.165) is 11.6 Å². The molecule has 5 heteroatoms. The minimum absolute atomic E-state index is 0.0542. The number of hydrogen-bond donors (Lipinski definition) is 2. The van der Waals surface area contributed by atoms with Crippen LogP contribution in [0.4, 0.5) is 10.1 Å². The third-order valence-electron chi connectivity index (χ3n) is 2.88. The van der Waals surface area contributed by atoms with Gasteiger partial charge in [0, 0.05) is 12.1 Å². The van der Waals surface area contributed by atoms with Crippen molar-refractivity contribution in [3.8, 4) is 0 Å². The molecule has 104 valence electrons. The Kier molecular flexibility index (Phi) is 4.25. The summed E-state index contributed by atoms with van der Waals surface area (Å²) in [5.41, 5.74) is 2.05. The second-order valence-corrected chi connectivity index (χ2v) is 4.86. The monoisotopic (exact) mass is 293 g/mol. The zero-order chi connectivity index (χ0) is 14.7. The van der Waals surface area contributed by atoms with Crippen LogP contribution in [-0.4, -0.2) is 11.1 Å². The van der Waals surface area contributed by atoms with Crippen molar-refractivity contribution in [1.82, 2.24) is 0 Å². The number of carboxylic acids is 1. The molecule has 2 aromatic rings. The Morgan fingerprint density at radius 3 is 2.75 bits per heavy atom. The SMILES string of the molecule is Cc1ccc(Cl)c(NCc2cc(C(=O)O)ccc2F)c1. The second kappa shape index (κ2) is 5.92. The summed E-state index contributed by atoms with van der Waals surface area (Å²) >= 11 is 6.03. The molecular weight excluding hydrogens is 281 g/mol. The van der Waals surface area contributed by atoms with Gasteiger partial charge in [-0.3, -0.25) is 0 Å². The Morgan fingerprint density at radius 1 is 1.30 bits per heavy atom. The molecule has 0 atom stereocenters. The minimum Gasteiger partial charge on any atom is -0.478 e. The first-order chi connectivity index (χ1) is 9.47. The van der Waals surface area contributed by atoms with Gasteiger partial charge in [0.2, 0.25) is 0 Å². The van der Waals surface area contributed by atoms with E-state index in [9.17, 15) is 9.18 Å². The van der Waals surface area contributed by atoms with Crippen LogP contribution >= 0.6 is 11.6 Å². The lowest BCUT2D eigenvalue weighted by Gasteiger charge is -2.10. The van der Waals surface area contributed by atoms with Gasteiger partial charge < -0.3 is 10.4 Å². The van der Waals surface area contributed by atoms with Crippen LogP contribution in [-0.2, 0) is 6.54 Å². The van der Waals surface area contributed by atoms with Crippen molar-refractivity contribution >= 4 is 23.3 Å². The zero-order valence-electron chi connectivity index (χ0n) is 10.8. The van der Waals surface area contributed by atoms with E-state index >= 15 is 0 Å². The molecule has 2 N–H and O–H groups in total. The summed E-state index contributed by atoms with van der Waals surface area (Å²) in [6, 6.07) is 9.18. The van der Waals surface area contributed by atoms with E-state index in [1.54, 1.807) is 6.07 Å². The minimum atomic E-state index is -1.08. The zero-order valence-corrected chi connectivity index (χ0v) is 11.5. The van der Waals surface area contributed by atoms with E-state index in [1.807, 2.05) is 19.1 Å². The molecule has 0 fully saturated rings. The molecule has 0 radical (unpaired) electrons. The standard InChI is InChI=1S/C15H13ClFNO2/c1-9-2-4-12(16)14(6-9)18-8-11-7-10(15(19)20)3-5-13(11)17/h2-7,18H,8H2,1H3,(H,19,20). The molecule has 3 nitrogen and oxygen atoms in total. The van der Waals surface area contributed by atoms with Gasteiger partial charge in [0.05, 0.1) is 16.3 Å². The fourth-order valence-electron chi connectivity index (χ4n) is 1.81. The molecule has 2 aromatic carbocycles. The molecule has 0 aromatic heterocycles. The Hall–Kier alpha value is -2.07. The van der Waals surface area contributed by atoms with E-state index < -0.39 is 11.8 Å². The number of aromatic carboxylic acids is 1. The van der Waals surface area contributed by atoms with Gasteiger partial charge in [-0.25, -0.2) is 9.18 Å². The van der Waals surface area contributed by atoms with Gasteiger partial charge in [-0.15, -0.1) is 0 Å². The van der Waals surface area contributed by atoms with Gasteiger partial charge in [0.1, 0.15) is 5.82 Å².